The van der Waals surface area contributed by atoms with Crippen molar-refractivity contribution in [2.24, 2.45) is 0 Å². The van der Waals surface area contributed by atoms with Crippen molar-refractivity contribution in [1.82, 2.24) is 0 Å². The fraction of sp³-hybridized carbons (Fsp3) is 0.294. The third kappa shape index (κ3) is 3.34. The zero-order valence-electron chi connectivity index (χ0n) is 11.5. The van der Waals surface area contributed by atoms with Gasteiger partial charge in [0.1, 0.15) is 12.4 Å². The Balaban J connectivity index is 1.76. The molecule has 110 valence electrons. The van der Waals surface area contributed by atoms with Crippen molar-refractivity contribution < 1.29 is 9.84 Å². The van der Waals surface area contributed by atoms with E-state index in [0.717, 1.165) is 36.1 Å². The first kappa shape index (κ1) is 14.7. The lowest BCUT2D eigenvalue weighted by molar-refractivity contribution is 0.156. The Morgan fingerprint density at radius 2 is 2.00 bits per heavy atom. The van der Waals surface area contributed by atoms with Gasteiger partial charge in [-0.1, -0.05) is 29.3 Å². The van der Waals surface area contributed by atoms with Crippen LogP contribution >= 0.6 is 23.2 Å². The number of hydrogen-bond acceptors (Lipinski definition) is 2. The summed E-state index contributed by atoms with van der Waals surface area (Å²) >= 11 is 12.1. The summed E-state index contributed by atoms with van der Waals surface area (Å²) in [4.78, 5) is 0. The molecule has 0 bridgehead atoms. The minimum atomic E-state index is -0.382. The van der Waals surface area contributed by atoms with E-state index < -0.39 is 0 Å². The van der Waals surface area contributed by atoms with Crippen molar-refractivity contribution in [3.05, 3.63) is 63.1 Å². The topological polar surface area (TPSA) is 29.5 Å². The third-order valence-corrected chi connectivity index (χ3v) is 4.41. The smallest absolute Gasteiger partial charge is 0.120 e. The SMILES string of the molecule is OC1CCCc2ccc(OCc3cc(Cl)ccc3Cl)cc21. The van der Waals surface area contributed by atoms with Crippen LogP contribution in [0.15, 0.2) is 36.4 Å². The van der Waals surface area contributed by atoms with Crippen molar-refractivity contribution in [1.29, 1.82) is 0 Å². The Kier molecular flexibility index (Phi) is 4.39. The first-order valence-electron chi connectivity index (χ1n) is 7.01. The molecule has 1 atom stereocenters. The molecule has 2 aromatic rings. The van der Waals surface area contributed by atoms with Gasteiger partial charge in [-0.05, 0) is 60.7 Å². The minimum absolute atomic E-state index is 0.355. The lowest BCUT2D eigenvalue weighted by Crippen LogP contribution is -2.09. The predicted molar refractivity (Wildman–Crippen MR) is 85.1 cm³/mol. The maximum absolute atomic E-state index is 10.1. The summed E-state index contributed by atoms with van der Waals surface area (Å²) in [5, 5.41) is 11.3. The van der Waals surface area contributed by atoms with Crippen molar-refractivity contribution in [2.45, 2.75) is 32.0 Å². The molecule has 4 heteroatoms. The highest BCUT2D eigenvalue weighted by Crippen LogP contribution is 2.32. The predicted octanol–water partition coefficient (Wildman–Crippen LogP) is 4.94. The molecule has 0 aromatic heterocycles. The summed E-state index contributed by atoms with van der Waals surface area (Å²) in [6.07, 6.45) is 2.49. The van der Waals surface area contributed by atoms with Gasteiger partial charge in [0, 0.05) is 15.6 Å². The number of aliphatic hydroxyl groups is 1. The molecule has 1 aliphatic rings. The molecule has 21 heavy (non-hydrogen) atoms. The largest absolute Gasteiger partial charge is 0.489 e. The van der Waals surface area contributed by atoms with Crippen LogP contribution in [0.25, 0.3) is 0 Å². The second-order valence-corrected chi connectivity index (χ2v) is 6.14. The van der Waals surface area contributed by atoms with Crippen LogP contribution in [0.1, 0.15) is 35.6 Å². The number of fused-ring (bicyclic) bond motifs is 1. The van der Waals surface area contributed by atoms with Gasteiger partial charge in [0.15, 0.2) is 0 Å². The van der Waals surface area contributed by atoms with E-state index >= 15 is 0 Å². The molecular weight excluding hydrogens is 307 g/mol. The molecule has 0 saturated heterocycles. The fourth-order valence-corrected chi connectivity index (χ4v) is 3.02. The number of benzene rings is 2. The van der Waals surface area contributed by atoms with Gasteiger partial charge in [0.25, 0.3) is 0 Å². The van der Waals surface area contributed by atoms with E-state index in [1.165, 1.54) is 5.56 Å². The van der Waals surface area contributed by atoms with E-state index in [1.807, 2.05) is 18.2 Å². The first-order chi connectivity index (χ1) is 10.1. The van der Waals surface area contributed by atoms with Gasteiger partial charge >= 0.3 is 0 Å². The van der Waals surface area contributed by atoms with Gasteiger partial charge in [-0.2, -0.15) is 0 Å². The lowest BCUT2D eigenvalue weighted by atomic mass is 9.89. The molecule has 0 saturated carbocycles. The molecule has 0 fully saturated rings. The van der Waals surface area contributed by atoms with Crippen LogP contribution in [0, 0.1) is 0 Å². The Morgan fingerprint density at radius 3 is 2.86 bits per heavy atom. The van der Waals surface area contributed by atoms with E-state index in [0.29, 0.717) is 16.7 Å². The Hall–Kier alpha value is -1.22. The van der Waals surface area contributed by atoms with Crippen molar-refractivity contribution in [3.63, 3.8) is 0 Å². The summed E-state index contributed by atoms with van der Waals surface area (Å²) < 4.78 is 5.79. The molecule has 0 aliphatic heterocycles. The first-order valence-corrected chi connectivity index (χ1v) is 7.76. The second-order valence-electron chi connectivity index (χ2n) is 5.29. The Morgan fingerprint density at radius 1 is 1.14 bits per heavy atom. The van der Waals surface area contributed by atoms with Gasteiger partial charge in [0.2, 0.25) is 0 Å². The van der Waals surface area contributed by atoms with Crippen molar-refractivity contribution >= 4 is 23.2 Å². The lowest BCUT2D eigenvalue weighted by Gasteiger charge is -2.22. The van der Waals surface area contributed by atoms with Crippen LogP contribution in [-0.2, 0) is 13.0 Å². The average Bonchev–Trinajstić information content (AvgIpc) is 2.49. The van der Waals surface area contributed by atoms with Gasteiger partial charge in [-0.15, -0.1) is 0 Å². The summed E-state index contributed by atoms with van der Waals surface area (Å²) in [6, 6.07) is 11.2. The Labute approximate surface area is 134 Å². The average molecular weight is 323 g/mol. The summed E-state index contributed by atoms with van der Waals surface area (Å²) in [5.74, 6) is 0.741. The van der Waals surface area contributed by atoms with Crippen LogP contribution in [0.3, 0.4) is 0 Å². The van der Waals surface area contributed by atoms with Gasteiger partial charge in [0.05, 0.1) is 6.10 Å². The van der Waals surface area contributed by atoms with E-state index in [9.17, 15) is 5.11 Å². The molecule has 0 amide bonds. The molecule has 0 heterocycles. The molecule has 1 aliphatic carbocycles. The standard InChI is InChI=1S/C17H16Cl2O2/c18-13-5-7-16(19)12(8-13)10-21-14-6-4-11-2-1-3-17(20)15(11)9-14/h4-9,17,20H,1-3,10H2. The highest BCUT2D eigenvalue weighted by Gasteiger charge is 2.18. The number of rotatable bonds is 3. The van der Waals surface area contributed by atoms with E-state index in [4.69, 9.17) is 27.9 Å². The van der Waals surface area contributed by atoms with Crippen LogP contribution in [-0.4, -0.2) is 5.11 Å². The van der Waals surface area contributed by atoms with Crippen LogP contribution in [0.5, 0.6) is 5.75 Å². The normalized spacial score (nSPS) is 17.4. The maximum atomic E-state index is 10.1. The molecule has 1 unspecified atom stereocenters. The van der Waals surface area contributed by atoms with Crippen molar-refractivity contribution in [3.8, 4) is 5.75 Å². The van der Waals surface area contributed by atoms with E-state index in [1.54, 1.807) is 18.2 Å². The molecule has 1 N–H and O–H groups in total. The third-order valence-electron chi connectivity index (χ3n) is 3.80. The van der Waals surface area contributed by atoms with Crippen LogP contribution in [0.2, 0.25) is 10.0 Å². The summed E-state index contributed by atoms with van der Waals surface area (Å²) in [7, 11) is 0. The number of ether oxygens (including phenoxy) is 1. The highest BCUT2D eigenvalue weighted by atomic mass is 35.5. The molecule has 3 rings (SSSR count). The number of halogens is 2. The van der Waals surface area contributed by atoms with Crippen LogP contribution < -0.4 is 4.74 Å². The molecule has 0 radical (unpaired) electrons. The fourth-order valence-electron chi connectivity index (χ4n) is 2.66. The van der Waals surface area contributed by atoms with Gasteiger partial charge in [-0.3, -0.25) is 0 Å². The second kappa shape index (κ2) is 6.27. The highest BCUT2D eigenvalue weighted by molar-refractivity contribution is 6.33. The van der Waals surface area contributed by atoms with Crippen molar-refractivity contribution in [2.75, 3.05) is 0 Å². The molecule has 2 nitrogen and oxygen atoms in total. The molecule has 2 aromatic carbocycles. The van der Waals surface area contributed by atoms with E-state index in [2.05, 4.69) is 0 Å². The number of aliphatic hydroxyl groups excluding tert-OH is 1. The summed E-state index contributed by atoms with van der Waals surface area (Å²) in [5.41, 5.74) is 3.04. The quantitative estimate of drug-likeness (QED) is 0.867. The molecule has 0 spiro atoms. The zero-order valence-corrected chi connectivity index (χ0v) is 13.0. The Bertz CT molecular complexity index is 655. The van der Waals surface area contributed by atoms with E-state index in [-0.39, 0.29) is 6.10 Å². The maximum Gasteiger partial charge on any atom is 0.120 e. The van der Waals surface area contributed by atoms with Gasteiger partial charge in [-0.25, -0.2) is 0 Å². The number of hydrogen-bond donors (Lipinski definition) is 1. The van der Waals surface area contributed by atoms with Crippen LogP contribution in [0.4, 0.5) is 0 Å². The molecular formula is C17H16Cl2O2. The van der Waals surface area contributed by atoms with Gasteiger partial charge < -0.3 is 9.84 Å². The minimum Gasteiger partial charge on any atom is -0.489 e. The summed E-state index contributed by atoms with van der Waals surface area (Å²) in [6.45, 7) is 0.355. The zero-order chi connectivity index (χ0) is 14.8. The monoisotopic (exact) mass is 322 g/mol. The number of aryl methyl sites for hydroxylation is 1.